The van der Waals surface area contributed by atoms with Gasteiger partial charge in [-0.1, -0.05) is 35.9 Å². The van der Waals surface area contributed by atoms with Gasteiger partial charge in [-0.3, -0.25) is 4.79 Å². The van der Waals surface area contributed by atoms with Crippen molar-refractivity contribution in [2.75, 3.05) is 20.2 Å². The summed E-state index contributed by atoms with van der Waals surface area (Å²) < 4.78 is 11.3. The Kier molecular flexibility index (Phi) is 7.04. The minimum Gasteiger partial charge on any atom is -0.491 e. The quantitative estimate of drug-likeness (QED) is 0.789. The molecule has 0 heterocycles. The summed E-state index contributed by atoms with van der Waals surface area (Å²) in [5.74, 6) is 1.18. The molecule has 2 atom stereocenters. The lowest BCUT2D eigenvalue weighted by Gasteiger charge is -2.24. The zero-order valence-corrected chi connectivity index (χ0v) is 15.8. The van der Waals surface area contributed by atoms with E-state index >= 15 is 0 Å². The van der Waals surface area contributed by atoms with E-state index < -0.39 is 12.2 Å². The number of amides is 1. The van der Waals surface area contributed by atoms with Crippen LogP contribution in [0.3, 0.4) is 0 Å². The fourth-order valence-corrected chi connectivity index (χ4v) is 2.67. The molecule has 2 aromatic carbocycles. The maximum absolute atomic E-state index is 12.4. The second-order valence-electron chi connectivity index (χ2n) is 6.53. The topological polar surface area (TPSA) is 59.0 Å². The van der Waals surface area contributed by atoms with Crippen molar-refractivity contribution in [3.63, 3.8) is 0 Å². The highest BCUT2D eigenvalue weighted by Crippen LogP contribution is 2.19. The van der Waals surface area contributed by atoms with Gasteiger partial charge >= 0.3 is 0 Å². The molecule has 0 bridgehead atoms. The number of hydrogen-bond donors (Lipinski definition) is 1. The Balaban J connectivity index is 1.81. The smallest absolute Gasteiger partial charge is 0.263 e. The number of para-hydroxylation sites is 1. The second kappa shape index (κ2) is 9.25. The Morgan fingerprint density at radius 3 is 2.50 bits per heavy atom. The molecule has 5 heteroatoms. The van der Waals surface area contributed by atoms with Crippen LogP contribution in [0.25, 0.3) is 0 Å². The maximum atomic E-state index is 12.4. The second-order valence-corrected chi connectivity index (χ2v) is 6.53. The summed E-state index contributed by atoms with van der Waals surface area (Å²) in [6, 6.07) is 15.1. The number of likely N-dealkylation sites (N-methyl/N-ethyl adjacent to an activating group) is 1. The van der Waals surface area contributed by atoms with Gasteiger partial charge in [-0.05, 0) is 44.5 Å². The van der Waals surface area contributed by atoms with E-state index in [0.29, 0.717) is 5.75 Å². The van der Waals surface area contributed by atoms with E-state index in [1.54, 1.807) is 26.1 Å². The molecular weight excluding hydrogens is 330 g/mol. The van der Waals surface area contributed by atoms with E-state index in [9.17, 15) is 9.90 Å². The largest absolute Gasteiger partial charge is 0.491 e. The third-order valence-electron chi connectivity index (χ3n) is 4.03. The molecule has 1 N–H and O–H groups in total. The van der Waals surface area contributed by atoms with Crippen molar-refractivity contribution in [2.45, 2.75) is 33.0 Å². The van der Waals surface area contributed by atoms with Crippen LogP contribution in [0.5, 0.6) is 11.5 Å². The Labute approximate surface area is 155 Å². The minimum atomic E-state index is -0.784. The standard InChI is InChI=1S/C21H27NO4/c1-15-10-11-20(16(2)12-15)25-14-18(23)13-22(4)21(24)17(3)26-19-8-6-5-7-9-19/h5-12,17-18,23H,13-14H2,1-4H3/t17-,18-/m0/s1. The highest BCUT2D eigenvalue weighted by atomic mass is 16.5. The summed E-state index contributed by atoms with van der Waals surface area (Å²) in [5.41, 5.74) is 2.18. The van der Waals surface area contributed by atoms with Gasteiger partial charge in [0.05, 0.1) is 0 Å². The summed E-state index contributed by atoms with van der Waals surface area (Å²) >= 11 is 0. The monoisotopic (exact) mass is 357 g/mol. The van der Waals surface area contributed by atoms with Crippen LogP contribution in [0.1, 0.15) is 18.1 Å². The van der Waals surface area contributed by atoms with E-state index in [2.05, 4.69) is 0 Å². The maximum Gasteiger partial charge on any atom is 0.263 e. The zero-order chi connectivity index (χ0) is 19.1. The average molecular weight is 357 g/mol. The van der Waals surface area contributed by atoms with Gasteiger partial charge < -0.3 is 19.5 Å². The van der Waals surface area contributed by atoms with E-state index in [-0.39, 0.29) is 19.1 Å². The molecule has 0 aliphatic heterocycles. The summed E-state index contributed by atoms with van der Waals surface area (Å²) in [7, 11) is 1.65. The fourth-order valence-electron chi connectivity index (χ4n) is 2.67. The molecule has 0 saturated heterocycles. The van der Waals surface area contributed by atoms with Gasteiger partial charge in [0.25, 0.3) is 5.91 Å². The molecule has 140 valence electrons. The van der Waals surface area contributed by atoms with E-state index in [0.717, 1.165) is 16.9 Å². The van der Waals surface area contributed by atoms with E-state index in [4.69, 9.17) is 9.47 Å². The lowest BCUT2D eigenvalue weighted by Crippen LogP contribution is -2.43. The van der Waals surface area contributed by atoms with Gasteiger partial charge in [0.15, 0.2) is 6.10 Å². The summed E-state index contributed by atoms with van der Waals surface area (Å²) in [5, 5.41) is 10.2. The number of ether oxygens (including phenoxy) is 2. The number of rotatable bonds is 8. The van der Waals surface area contributed by atoms with Gasteiger partial charge in [0.1, 0.15) is 24.2 Å². The molecule has 1 amide bonds. The van der Waals surface area contributed by atoms with Crippen LogP contribution in [0.4, 0.5) is 0 Å². The molecule has 0 aliphatic rings. The molecule has 0 saturated carbocycles. The predicted molar refractivity (Wildman–Crippen MR) is 102 cm³/mol. The van der Waals surface area contributed by atoms with Crippen LogP contribution in [0.2, 0.25) is 0 Å². The van der Waals surface area contributed by atoms with Crippen molar-refractivity contribution < 1.29 is 19.4 Å². The van der Waals surface area contributed by atoms with Crippen LogP contribution in [0, 0.1) is 13.8 Å². The first-order chi connectivity index (χ1) is 12.4. The number of aryl methyl sites for hydroxylation is 2. The molecule has 0 radical (unpaired) electrons. The number of carbonyl (C=O) groups excluding carboxylic acids is 1. The number of hydrogen-bond acceptors (Lipinski definition) is 4. The first-order valence-corrected chi connectivity index (χ1v) is 8.71. The van der Waals surface area contributed by atoms with Crippen LogP contribution >= 0.6 is 0 Å². The first kappa shape index (κ1) is 19.8. The van der Waals surface area contributed by atoms with Gasteiger partial charge in [-0.25, -0.2) is 0 Å². The average Bonchev–Trinajstić information content (AvgIpc) is 2.61. The summed E-state index contributed by atoms with van der Waals surface area (Å²) in [6.45, 7) is 5.98. The highest BCUT2D eigenvalue weighted by molar-refractivity contribution is 5.80. The van der Waals surface area contributed by atoms with Gasteiger partial charge in [0.2, 0.25) is 0 Å². The van der Waals surface area contributed by atoms with Crippen molar-refractivity contribution in [1.82, 2.24) is 4.90 Å². The summed E-state index contributed by atoms with van der Waals surface area (Å²) in [4.78, 5) is 13.9. The highest BCUT2D eigenvalue weighted by Gasteiger charge is 2.21. The SMILES string of the molecule is Cc1ccc(OC[C@@H](O)CN(C)C(=O)[C@H](C)Oc2ccccc2)c(C)c1. The van der Waals surface area contributed by atoms with Crippen LogP contribution < -0.4 is 9.47 Å². The molecular formula is C21H27NO4. The summed E-state index contributed by atoms with van der Waals surface area (Å²) in [6.07, 6.45) is -1.41. The number of nitrogens with zero attached hydrogens (tertiary/aromatic N) is 1. The number of benzene rings is 2. The number of aliphatic hydroxyl groups is 1. The minimum absolute atomic E-state index is 0.120. The predicted octanol–water partition coefficient (Wildman–Crippen LogP) is 2.97. The van der Waals surface area contributed by atoms with Crippen LogP contribution in [0.15, 0.2) is 48.5 Å². The van der Waals surface area contributed by atoms with Crippen LogP contribution in [-0.4, -0.2) is 48.3 Å². The molecule has 2 rings (SSSR count). The molecule has 2 aromatic rings. The van der Waals surface area contributed by atoms with Crippen LogP contribution in [-0.2, 0) is 4.79 Å². The van der Waals surface area contributed by atoms with Crippen molar-refractivity contribution in [3.8, 4) is 11.5 Å². The van der Waals surface area contributed by atoms with Crippen molar-refractivity contribution >= 4 is 5.91 Å². The normalized spacial score (nSPS) is 13.0. The van der Waals surface area contributed by atoms with Gasteiger partial charge in [-0.2, -0.15) is 0 Å². The Morgan fingerprint density at radius 2 is 1.85 bits per heavy atom. The molecule has 0 unspecified atom stereocenters. The fraction of sp³-hybridized carbons (Fsp3) is 0.381. The van der Waals surface area contributed by atoms with Crippen molar-refractivity contribution in [2.24, 2.45) is 0 Å². The Hall–Kier alpha value is -2.53. The first-order valence-electron chi connectivity index (χ1n) is 8.71. The molecule has 0 aliphatic carbocycles. The van der Waals surface area contributed by atoms with Gasteiger partial charge in [0, 0.05) is 13.6 Å². The lowest BCUT2D eigenvalue weighted by molar-refractivity contribution is -0.138. The zero-order valence-electron chi connectivity index (χ0n) is 15.8. The molecule has 5 nitrogen and oxygen atoms in total. The molecule has 0 fully saturated rings. The lowest BCUT2D eigenvalue weighted by atomic mass is 10.1. The third-order valence-corrected chi connectivity index (χ3v) is 4.03. The Bertz CT molecular complexity index is 717. The van der Waals surface area contributed by atoms with E-state index in [1.165, 1.54) is 4.90 Å². The molecule has 26 heavy (non-hydrogen) atoms. The van der Waals surface area contributed by atoms with Gasteiger partial charge in [-0.15, -0.1) is 0 Å². The van der Waals surface area contributed by atoms with Crippen molar-refractivity contribution in [1.29, 1.82) is 0 Å². The van der Waals surface area contributed by atoms with E-state index in [1.807, 2.05) is 50.2 Å². The third kappa shape index (κ3) is 5.77. The number of aliphatic hydroxyl groups excluding tert-OH is 1. The Morgan fingerprint density at radius 1 is 1.15 bits per heavy atom. The molecule has 0 spiro atoms. The van der Waals surface area contributed by atoms with Crippen molar-refractivity contribution in [3.05, 3.63) is 59.7 Å². The molecule has 0 aromatic heterocycles. The number of carbonyl (C=O) groups is 1.